The van der Waals surface area contributed by atoms with Crippen molar-refractivity contribution in [1.29, 1.82) is 0 Å². The molecule has 0 radical (unpaired) electrons. The molecule has 0 saturated carbocycles. The molecule has 0 aromatic carbocycles. The predicted molar refractivity (Wildman–Crippen MR) is 62.6 cm³/mol. The normalized spacial score (nSPS) is 13.3. The Bertz CT molecular complexity index is 400. The average Bonchev–Trinajstić information content (AvgIpc) is 2.26. The summed E-state index contributed by atoms with van der Waals surface area (Å²) in [7, 11) is 0. The van der Waals surface area contributed by atoms with E-state index in [1.54, 1.807) is 0 Å². The first-order valence-corrected chi connectivity index (χ1v) is 5.43. The van der Waals surface area contributed by atoms with Crippen molar-refractivity contribution in [3.63, 3.8) is 0 Å². The molecule has 0 aliphatic rings. The van der Waals surface area contributed by atoms with E-state index in [2.05, 4.69) is 9.73 Å². The first-order chi connectivity index (χ1) is 8.70. The van der Waals surface area contributed by atoms with E-state index < -0.39 is 23.4 Å². The van der Waals surface area contributed by atoms with Crippen LogP contribution in [-0.2, 0) is 14.3 Å². The minimum absolute atomic E-state index is 0.0244. The second kappa shape index (κ2) is 7.55. The van der Waals surface area contributed by atoms with Crippen molar-refractivity contribution in [3.05, 3.63) is 11.3 Å². The summed E-state index contributed by atoms with van der Waals surface area (Å²) in [5.74, 6) is -1.37. The van der Waals surface area contributed by atoms with Gasteiger partial charge in [0, 0.05) is 19.2 Å². The van der Waals surface area contributed by atoms with Crippen molar-refractivity contribution in [3.8, 4) is 0 Å². The van der Waals surface area contributed by atoms with Crippen molar-refractivity contribution in [1.82, 2.24) is 0 Å². The van der Waals surface area contributed by atoms with E-state index in [0.29, 0.717) is 6.21 Å². The van der Waals surface area contributed by atoms with Crippen LogP contribution in [0.5, 0.6) is 0 Å². The number of aliphatic imine (C=N–C) groups is 1. The number of nitrogens with two attached hydrogens (primary N) is 1. The van der Waals surface area contributed by atoms with Gasteiger partial charge in [-0.15, -0.1) is 0 Å². The largest absolute Gasteiger partial charge is 0.462 e. The molecule has 0 bridgehead atoms. The van der Waals surface area contributed by atoms with E-state index in [9.17, 15) is 22.8 Å². The van der Waals surface area contributed by atoms with Gasteiger partial charge in [-0.1, -0.05) is 0 Å². The summed E-state index contributed by atoms with van der Waals surface area (Å²) in [6.07, 6.45) is -4.10. The SMILES string of the molecule is CCOC(=O)C(C=NCCC(C)=O)=C(N)C(F)(F)F. The molecule has 8 heteroatoms. The maximum absolute atomic E-state index is 12.4. The molecule has 2 N–H and O–H groups in total. The van der Waals surface area contributed by atoms with Crippen LogP contribution in [0.4, 0.5) is 13.2 Å². The lowest BCUT2D eigenvalue weighted by Gasteiger charge is -2.10. The number of alkyl halides is 3. The topological polar surface area (TPSA) is 81.8 Å². The molecule has 0 aliphatic heterocycles. The number of carbonyl (C=O) groups is 2. The molecular formula is C11H15F3N2O3. The molecule has 0 aliphatic carbocycles. The van der Waals surface area contributed by atoms with Crippen LogP contribution >= 0.6 is 0 Å². The molecular weight excluding hydrogens is 265 g/mol. The van der Waals surface area contributed by atoms with Gasteiger partial charge in [-0.3, -0.25) is 9.79 Å². The van der Waals surface area contributed by atoms with Crippen LogP contribution in [0.1, 0.15) is 20.3 Å². The fourth-order valence-corrected chi connectivity index (χ4v) is 0.972. The first kappa shape index (κ1) is 17.1. The van der Waals surface area contributed by atoms with Crippen LogP contribution in [0.3, 0.4) is 0 Å². The number of carbonyl (C=O) groups excluding carboxylic acids is 2. The lowest BCUT2D eigenvalue weighted by atomic mass is 10.2. The van der Waals surface area contributed by atoms with E-state index >= 15 is 0 Å². The van der Waals surface area contributed by atoms with Gasteiger partial charge in [0.1, 0.15) is 17.1 Å². The maximum Gasteiger partial charge on any atom is 0.431 e. The Hall–Kier alpha value is -1.86. The minimum atomic E-state index is -4.85. The van der Waals surface area contributed by atoms with Gasteiger partial charge in [-0.05, 0) is 13.8 Å². The van der Waals surface area contributed by atoms with E-state index in [1.807, 2.05) is 0 Å². The highest BCUT2D eigenvalue weighted by atomic mass is 19.4. The molecule has 0 amide bonds. The first-order valence-electron chi connectivity index (χ1n) is 5.43. The van der Waals surface area contributed by atoms with Crippen molar-refractivity contribution in [2.24, 2.45) is 10.7 Å². The second-order valence-corrected chi connectivity index (χ2v) is 3.53. The average molecular weight is 280 g/mol. The summed E-state index contributed by atoms with van der Waals surface area (Å²) in [6.45, 7) is 2.66. The molecule has 19 heavy (non-hydrogen) atoms. The Morgan fingerprint density at radius 2 is 1.95 bits per heavy atom. The number of esters is 1. The van der Waals surface area contributed by atoms with Crippen LogP contribution < -0.4 is 5.73 Å². The fraction of sp³-hybridized carbons (Fsp3) is 0.545. The van der Waals surface area contributed by atoms with Crippen molar-refractivity contribution < 1.29 is 27.5 Å². The lowest BCUT2D eigenvalue weighted by molar-refractivity contribution is -0.139. The van der Waals surface area contributed by atoms with Crippen LogP contribution in [0.2, 0.25) is 0 Å². The van der Waals surface area contributed by atoms with Gasteiger partial charge in [-0.2, -0.15) is 13.2 Å². The Morgan fingerprint density at radius 1 is 1.37 bits per heavy atom. The Labute approximate surface area is 108 Å². The van der Waals surface area contributed by atoms with Gasteiger partial charge in [0.25, 0.3) is 0 Å². The highest BCUT2D eigenvalue weighted by molar-refractivity contribution is 6.10. The molecule has 0 fully saturated rings. The second-order valence-electron chi connectivity index (χ2n) is 3.53. The number of hydrogen-bond donors (Lipinski definition) is 1. The molecule has 5 nitrogen and oxygen atoms in total. The Balaban J connectivity index is 5.09. The number of nitrogens with zero attached hydrogens (tertiary/aromatic N) is 1. The quantitative estimate of drug-likeness (QED) is 0.452. The molecule has 0 aromatic rings. The van der Waals surface area contributed by atoms with Crippen LogP contribution in [0.15, 0.2) is 16.3 Å². The van der Waals surface area contributed by atoms with Gasteiger partial charge in [-0.25, -0.2) is 4.79 Å². The molecule has 0 spiro atoms. The van der Waals surface area contributed by atoms with E-state index in [0.717, 1.165) is 0 Å². The Kier molecular flexibility index (Phi) is 6.81. The van der Waals surface area contributed by atoms with E-state index in [1.165, 1.54) is 13.8 Å². The fourth-order valence-electron chi connectivity index (χ4n) is 0.972. The zero-order chi connectivity index (χ0) is 15.1. The van der Waals surface area contributed by atoms with Gasteiger partial charge >= 0.3 is 12.1 Å². The number of rotatable bonds is 6. The third-order valence-electron chi connectivity index (χ3n) is 1.90. The van der Waals surface area contributed by atoms with E-state index in [4.69, 9.17) is 5.73 Å². The minimum Gasteiger partial charge on any atom is -0.462 e. The summed E-state index contributed by atoms with van der Waals surface area (Å²) in [5.41, 5.74) is 2.43. The molecule has 0 heterocycles. The van der Waals surface area contributed by atoms with Crippen molar-refractivity contribution >= 4 is 18.0 Å². The summed E-state index contributed by atoms with van der Waals surface area (Å²) in [5, 5.41) is 0. The smallest absolute Gasteiger partial charge is 0.431 e. The number of allylic oxidation sites excluding steroid dienone is 1. The number of hydrogen-bond acceptors (Lipinski definition) is 5. The molecule has 0 atom stereocenters. The predicted octanol–water partition coefficient (Wildman–Crippen LogP) is 1.37. The standard InChI is InChI=1S/C11H15F3N2O3/c1-3-19-10(18)8(9(15)11(12,13)14)6-16-5-4-7(2)17/h6H,3-5,15H2,1-2H3. The zero-order valence-electron chi connectivity index (χ0n) is 10.6. The van der Waals surface area contributed by atoms with Gasteiger partial charge in [0.15, 0.2) is 0 Å². The Morgan fingerprint density at radius 3 is 2.37 bits per heavy atom. The summed E-state index contributed by atoms with van der Waals surface area (Å²) < 4.78 is 41.8. The summed E-state index contributed by atoms with van der Waals surface area (Å²) in [4.78, 5) is 25.5. The van der Waals surface area contributed by atoms with Gasteiger partial charge in [0.05, 0.1) is 6.61 Å². The van der Waals surface area contributed by atoms with Gasteiger partial charge < -0.3 is 10.5 Å². The van der Waals surface area contributed by atoms with Crippen LogP contribution in [-0.4, -0.2) is 37.3 Å². The number of ketones is 1. The number of Topliss-reactive ketones (excluding diaryl/α,β-unsaturated/α-hetero) is 1. The summed E-state index contributed by atoms with van der Waals surface area (Å²) in [6, 6.07) is 0. The van der Waals surface area contributed by atoms with E-state index in [-0.39, 0.29) is 25.4 Å². The monoisotopic (exact) mass is 280 g/mol. The summed E-state index contributed by atoms with van der Waals surface area (Å²) >= 11 is 0. The maximum atomic E-state index is 12.4. The van der Waals surface area contributed by atoms with Crippen LogP contribution in [0.25, 0.3) is 0 Å². The molecule has 0 saturated heterocycles. The lowest BCUT2D eigenvalue weighted by Crippen LogP contribution is -2.26. The number of ether oxygens (including phenoxy) is 1. The highest BCUT2D eigenvalue weighted by Crippen LogP contribution is 2.24. The third-order valence-corrected chi connectivity index (χ3v) is 1.90. The molecule has 0 unspecified atom stereocenters. The van der Waals surface area contributed by atoms with Crippen LogP contribution in [0, 0.1) is 0 Å². The molecule has 0 aromatic heterocycles. The zero-order valence-corrected chi connectivity index (χ0v) is 10.6. The molecule has 0 rings (SSSR count). The van der Waals surface area contributed by atoms with Crippen molar-refractivity contribution in [2.45, 2.75) is 26.4 Å². The number of halogens is 3. The third kappa shape index (κ3) is 6.58. The highest BCUT2D eigenvalue weighted by Gasteiger charge is 2.36. The van der Waals surface area contributed by atoms with Crippen molar-refractivity contribution in [2.75, 3.05) is 13.2 Å². The van der Waals surface area contributed by atoms with Gasteiger partial charge in [0.2, 0.25) is 0 Å². The molecule has 108 valence electrons.